The fourth-order valence-corrected chi connectivity index (χ4v) is 4.97. The molecule has 1 aliphatic carbocycles. The summed E-state index contributed by atoms with van der Waals surface area (Å²) < 4.78 is 24.9. The number of rotatable bonds is 6. The van der Waals surface area contributed by atoms with Crippen molar-refractivity contribution in [3.63, 3.8) is 0 Å². The second-order valence-corrected chi connectivity index (χ2v) is 8.13. The topological polar surface area (TPSA) is 55.8 Å². The second-order valence-electron chi connectivity index (χ2n) is 6.16. The molecule has 2 aromatic carbocycles. The highest BCUT2D eigenvalue weighted by molar-refractivity contribution is 7.55. The van der Waals surface area contributed by atoms with Gasteiger partial charge in [0.1, 0.15) is 11.5 Å². The predicted octanol–water partition coefficient (Wildman–Crippen LogP) is 5.24. The van der Waals surface area contributed by atoms with Gasteiger partial charge < -0.3 is 14.2 Å². The van der Waals surface area contributed by atoms with Crippen LogP contribution in [0.1, 0.15) is 32.1 Å². The lowest BCUT2D eigenvalue weighted by Gasteiger charge is -2.31. The molecular weight excluding hydrogens is 323 g/mol. The molecule has 128 valence electrons. The van der Waals surface area contributed by atoms with Crippen LogP contribution in [0.15, 0.2) is 60.7 Å². The van der Waals surface area contributed by atoms with Crippen molar-refractivity contribution in [1.29, 1.82) is 0 Å². The standard InChI is InChI=1S/C19H23O4P/c20-19(16-10-4-1-5-11-16)24(21,22-17-12-6-2-7-13-17)23-18-14-8-3-9-15-18/h2-3,6-9,12-16,19-20H,1,4-5,10-11H2/t19-/m1/s1. The van der Waals surface area contributed by atoms with Gasteiger partial charge in [-0.3, -0.25) is 0 Å². The molecule has 0 bridgehead atoms. The lowest BCUT2D eigenvalue weighted by atomic mass is 9.90. The van der Waals surface area contributed by atoms with Crippen LogP contribution in [0.25, 0.3) is 0 Å². The molecule has 0 radical (unpaired) electrons. The van der Waals surface area contributed by atoms with E-state index < -0.39 is 13.4 Å². The maximum Gasteiger partial charge on any atom is 0.459 e. The van der Waals surface area contributed by atoms with E-state index in [-0.39, 0.29) is 5.92 Å². The van der Waals surface area contributed by atoms with Gasteiger partial charge in [0.25, 0.3) is 0 Å². The highest BCUT2D eigenvalue weighted by Crippen LogP contribution is 2.55. The Morgan fingerprint density at radius 2 is 1.29 bits per heavy atom. The van der Waals surface area contributed by atoms with Gasteiger partial charge in [0.15, 0.2) is 5.85 Å². The van der Waals surface area contributed by atoms with E-state index in [9.17, 15) is 9.67 Å². The van der Waals surface area contributed by atoms with Crippen molar-refractivity contribution in [2.75, 3.05) is 0 Å². The molecule has 4 nitrogen and oxygen atoms in total. The summed E-state index contributed by atoms with van der Waals surface area (Å²) in [6.45, 7) is 0. The lowest BCUT2D eigenvalue weighted by Crippen LogP contribution is -2.27. The minimum absolute atomic E-state index is 0.0583. The molecule has 1 N–H and O–H groups in total. The van der Waals surface area contributed by atoms with Gasteiger partial charge in [-0.05, 0) is 43.0 Å². The average Bonchev–Trinajstić information content (AvgIpc) is 2.63. The molecule has 0 aliphatic heterocycles. The Bertz CT molecular complexity index is 623. The van der Waals surface area contributed by atoms with Crippen molar-refractivity contribution < 1.29 is 18.7 Å². The first-order valence-electron chi connectivity index (χ1n) is 8.44. The molecule has 0 aromatic heterocycles. The highest BCUT2D eigenvalue weighted by atomic mass is 31.2. The third kappa shape index (κ3) is 4.19. The molecule has 3 rings (SSSR count). The molecule has 5 heteroatoms. The van der Waals surface area contributed by atoms with Crippen LogP contribution in [-0.4, -0.2) is 11.0 Å². The normalized spacial score (nSPS) is 17.2. The molecule has 0 spiro atoms. The predicted molar refractivity (Wildman–Crippen MR) is 94.3 cm³/mol. The minimum atomic E-state index is -3.77. The monoisotopic (exact) mass is 346 g/mol. The molecular formula is C19H23O4P. The maximum absolute atomic E-state index is 13.5. The summed E-state index contributed by atoms with van der Waals surface area (Å²) in [5.41, 5.74) is 0. The summed E-state index contributed by atoms with van der Waals surface area (Å²) in [6, 6.07) is 17.8. The fraction of sp³-hybridized carbons (Fsp3) is 0.368. The second kappa shape index (κ2) is 7.87. The van der Waals surface area contributed by atoms with E-state index in [1.807, 2.05) is 12.1 Å². The van der Waals surface area contributed by atoms with E-state index >= 15 is 0 Å². The molecule has 1 atom stereocenters. The largest absolute Gasteiger partial charge is 0.459 e. The number of aliphatic hydroxyl groups excluding tert-OH is 1. The van der Waals surface area contributed by atoms with Gasteiger partial charge in [0.2, 0.25) is 0 Å². The molecule has 0 unspecified atom stereocenters. The molecule has 0 amide bonds. The Kier molecular flexibility index (Phi) is 5.60. The van der Waals surface area contributed by atoms with Gasteiger partial charge in [-0.1, -0.05) is 55.7 Å². The summed E-state index contributed by atoms with van der Waals surface area (Å²) in [4.78, 5) is 0. The Hall–Kier alpha value is -1.77. The van der Waals surface area contributed by atoms with Crippen molar-refractivity contribution >= 4 is 7.60 Å². The Morgan fingerprint density at radius 1 is 0.833 bits per heavy atom. The van der Waals surface area contributed by atoms with Crippen molar-refractivity contribution in [2.45, 2.75) is 37.9 Å². The first kappa shape index (κ1) is 17.1. The van der Waals surface area contributed by atoms with Crippen LogP contribution in [-0.2, 0) is 4.57 Å². The van der Waals surface area contributed by atoms with Gasteiger partial charge in [-0.2, -0.15) is 0 Å². The number of para-hydroxylation sites is 2. The zero-order valence-corrected chi connectivity index (χ0v) is 14.5. The lowest BCUT2D eigenvalue weighted by molar-refractivity contribution is 0.125. The van der Waals surface area contributed by atoms with Crippen molar-refractivity contribution in [3.8, 4) is 11.5 Å². The van der Waals surface area contributed by atoms with Gasteiger partial charge in [-0.25, -0.2) is 4.57 Å². The third-order valence-corrected chi connectivity index (χ3v) is 6.35. The quantitative estimate of drug-likeness (QED) is 0.727. The first-order chi connectivity index (χ1) is 11.7. The van der Waals surface area contributed by atoms with Crippen LogP contribution < -0.4 is 9.05 Å². The summed E-state index contributed by atoms with van der Waals surface area (Å²) >= 11 is 0. The van der Waals surface area contributed by atoms with Crippen LogP contribution in [0.4, 0.5) is 0 Å². The minimum Gasteiger partial charge on any atom is -0.414 e. The zero-order valence-electron chi connectivity index (χ0n) is 13.6. The van der Waals surface area contributed by atoms with E-state index in [0.717, 1.165) is 32.1 Å². The highest BCUT2D eigenvalue weighted by Gasteiger charge is 2.43. The first-order valence-corrected chi connectivity index (χ1v) is 10.1. The fourth-order valence-electron chi connectivity index (χ4n) is 3.07. The van der Waals surface area contributed by atoms with Crippen LogP contribution >= 0.6 is 7.60 Å². The van der Waals surface area contributed by atoms with Crippen LogP contribution in [0.2, 0.25) is 0 Å². The van der Waals surface area contributed by atoms with Crippen molar-refractivity contribution in [2.24, 2.45) is 5.92 Å². The summed E-state index contributed by atoms with van der Waals surface area (Å²) in [6.07, 6.45) is 4.94. The molecule has 24 heavy (non-hydrogen) atoms. The summed E-state index contributed by atoms with van der Waals surface area (Å²) in [5.74, 6) is -0.312. The van der Waals surface area contributed by atoms with Crippen LogP contribution in [0.3, 0.4) is 0 Å². The Balaban J connectivity index is 1.85. The summed E-state index contributed by atoms with van der Waals surface area (Å²) in [7, 11) is -3.77. The molecule has 1 aliphatic rings. The smallest absolute Gasteiger partial charge is 0.414 e. The maximum atomic E-state index is 13.5. The van der Waals surface area contributed by atoms with E-state index in [0.29, 0.717) is 11.5 Å². The van der Waals surface area contributed by atoms with E-state index in [4.69, 9.17) is 9.05 Å². The molecule has 1 saturated carbocycles. The Labute approximate surface area is 143 Å². The third-order valence-electron chi connectivity index (χ3n) is 4.35. The molecule has 1 fully saturated rings. The van der Waals surface area contributed by atoms with Gasteiger partial charge >= 0.3 is 7.60 Å². The average molecular weight is 346 g/mol. The van der Waals surface area contributed by atoms with Crippen molar-refractivity contribution in [1.82, 2.24) is 0 Å². The van der Waals surface area contributed by atoms with Crippen molar-refractivity contribution in [3.05, 3.63) is 60.7 Å². The summed E-state index contributed by atoms with van der Waals surface area (Å²) in [5, 5.41) is 10.8. The zero-order chi connectivity index (χ0) is 16.8. The van der Waals surface area contributed by atoms with E-state index in [1.54, 1.807) is 48.5 Å². The number of benzene rings is 2. The SMILES string of the molecule is O=P(Oc1ccccc1)(Oc1ccccc1)[C@@H](O)C1CCCCC1. The molecule has 0 saturated heterocycles. The molecule has 2 aromatic rings. The Morgan fingerprint density at radius 3 is 1.75 bits per heavy atom. The molecule has 0 heterocycles. The number of hydrogen-bond acceptors (Lipinski definition) is 4. The van der Waals surface area contributed by atoms with E-state index in [1.165, 1.54) is 0 Å². The number of hydrogen-bond donors (Lipinski definition) is 1. The van der Waals surface area contributed by atoms with E-state index in [2.05, 4.69) is 0 Å². The van der Waals surface area contributed by atoms with Gasteiger partial charge in [0.05, 0.1) is 0 Å². The van der Waals surface area contributed by atoms with Crippen LogP contribution in [0.5, 0.6) is 11.5 Å². The van der Waals surface area contributed by atoms with Gasteiger partial charge in [-0.15, -0.1) is 0 Å². The number of aliphatic hydroxyl groups is 1. The van der Waals surface area contributed by atoms with Crippen LogP contribution in [0, 0.1) is 5.92 Å². The van der Waals surface area contributed by atoms with Gasteiger partial charge in [0, 0.05) is 0 Å².